The Morgan fingerprint density at radius 1 is 0.909 bits per heavy atom. The van der Waals surface area contributed by atoms with Crippen molar-refractivity contribution in [2.24, 2.45) is 23.7 Å². The number of aliphatic hydroxyl groups excluding tert-OH is 2. The summed E-state index contributed by atoms with van der Waals surface area (Å²) in [7, 11) is 2.35. The molecule has 77 heavy (non-hydrogen) atoms. The number of pyridine rings is 2. The molecule has 0 spiro atoms. The highest BCUT2D eigenvalue weighted by atomic mass is 32.2. The number of ketones is 1. The maximum Gasteiger partial charge on any atom is 0.341 e. The third-order valence-corrected chi connectivity index (χ3v) is 17.3. The highest BCUT2D eigenvalue weighted by Gasteiger charge is 2.55. The van der Waals surface area contributed by atoms with Crippen molar-refractivity contribution in [3.05, 3.63) is 34.1 Å². The number of likely N-dealkylation sites (N-methyl/N-ethyl adjacent to an activating group) is 1. The van der Waals surface area contributed by atoms with Crippen LogP contribution >= 0.6 is 0 Å². The number of methoxy groups -OCH3 is 2. The Labute approximate surface area is 453 Å². The van der Waals surface area contributed by atoms with E-state index in [1.165, 1.54) is 40.3 Å². The fourth-order valence-electron chi connectivity index (χ4n) is 11.3. The van der Waals surface area contributed by atoms with E-state index in [4.69, 9.17) is 37.3 Å². The van der Waals surface area contributed by atoms with Crippen molar-refractivity contribution < 1.29 is 80.6 Å². The van der Waals surface area contributed by atoms with Crippen molar-refractivity contribution in [2.75, 3.05) is 59.0 Å². The quantitative estimate of drug-likeness (QED) is 0.0669. The third kappa shape index (κ3) is 14.6. The number of carboxylic acid groups (broad SMARTS) is 1. The fraction of sp³-hybridized carbons (Fsp3) is 0.792. The number of nitrogens with one attached hydrogen (secondary N) is 2. The van der Waals surface area contributed by atoms with E-state index in [0.717, 1.165) is 0 Å². The Morgan fingerprint density at radius 2 is 1.56 bits per heavy atom. The molecule has 0 unspecified atom stereocenters. The highest BCUT2D eigenvalue weighted by molar-refractivity contribution is 7.86. The maximum atomic E-state index is 14.6. The van der Waals surface area contributed by atoms with Gasteiger partial charge in [-0.25, -0.2) is 9.78 Å². The molecule has 3 saturated heterocycles. The summed E-state index contributed by atoms with van der Waals surface area (Å²) in [6, 6.07) is 2.72. The predicted molar refractivity (Wildman–Crippen MR) is 284 cm³/mol. The molecule has 3 fully saturated rings. The second kappa shape index (κ2) is 26.2. The number of rotatable bonds is 19. The van der Waals surface area contributed by atoms with Gasteiger partial charge in [-0.1, -0.05) is 27.7 Å². The number of anilines is 1. The predicted octanol–water partition coefficient (Wildman–Crippen LogP) is 2.92. The SMILES string of the molecule is CC[C@H]1OC(=O)[C@H](C)[C@@H](O[C@H]2C[C@@](C)(OC)[C@@H](OS(=O)(=O)CCNCCNc3ccc4c(=O)c(C(=O)O)cn(CC)c4n3)[C@H](C)O2)[C@H](C)[C@@H](O[C@@H]2O[C@H](C)C[C@H](N(C)C)[C@H]2O)[C@](C)(OC)C[C@@H](C)C(=O)[C@H](C)[C@@H](O)[C@]1(C)O. The van der Waals surface area contributed by atoms with Gasteiger partial charge in [0, 0.05) is 76.8 Å². The minimum atomic E-state index is -4.23. The van der Waals surface area contributed by atoms with Crippen LogP contribution in [-0.2, 0) is 63.6 Å². The van der Waals surface area contributed by atoms with Gasteiger partial charge in [0.2, 0.25) is 5.43 Å². The summed E-state index contributed by atoms with van der Waals surface area (Å²) >= 11 is 0. The van der Waals surface area contributed by atoms with Crippen LogP contribution in [0.25, 0.3) is 11.0 Å². The second-order valence-corrected chi connectivity index (χ2v) is 23.9. The minimum Gasteiger partial charge on any atom is -0.477 e. The zero-order valence-corrected chi connectivity index (χ0v) is 48.3. The standard InChI is InChI=1S/C53H87N5O18S/c1-16-37-53(11,66)44(62)30(5)40(59)28(3)25-51(9,69-14)45(75-50-42(61)36(57(12)13)24-29(4)71-50)31(6)43(32(7)49(65)73-37)74-39-26-52(10,70-15)46(33(8)72-39)76-77(67,68)23-22-54-20-21-55-38-19-18-34-41(60)35(48(63)64)27-58(17-2)47(34)56-38/h18-19,27-33,36-37,39,42-46,50,54,61-62,66H,16-17,20-26H2,1-15H3,(H,55,56)(H,63,64)/t28-,29-,30+,31+,32-,33+,36+,37-,39+,42-,43+,44-,45-,46+,50+,51-,52-,53-/m1/s1. The topological polar surface area (TPSA) is 302 Å². The lowest BCUT2D eigenvalue weighted by Gasteiger charge is -2.50. The monoisotopic (exact) mass is 1110 g/mol. The Balaban J connectivity index is 1.37. The Bertz CT molecular complexity index is 2520. The van der Waals surface area contributed by atoms with Crippen LogP contribution in [-0.4, -0.2) is 199 Å². The molecule has 0 saturated carbocycles. The Morgan fingerprint density at radius 3 is 2.16 bits per heavy atom. The number of esters is 1. The molecular formula is C53H87N5O18S. The molecule has 0 aliphatic carbocycles. The van der Waals surface area contributed by atoms with E-state index < -0.39 is 129 Å². The number of aliphatic hydroxyl groups is 3. The van der Waals surface area contributed by atoms with Gasteiger partial charge in [-0.15, -0.1) is 0 Å². The number of carbonyl (C=O) groups is 3. The second-order valence-electron chi connectivity index (χ2n) is 22.2. The van der Waals surface area contributed by atoms with Gasteiger partial charge in [0.05, 0.1) is 58.8 Å². The molecule has 0 bridgehead atoms. The largest absolute Gasteiger partial charge is 0.477 e. The summed E-state index contributed by atoms with van der Waals surface area (Å²) in [5.74, 6) is -6.37. The fourth-order valence-corrected chi connectivity index (χ4v) is 12.5. The van der Waals surface area contributed by atoms with Gasteiger partial charge in [0.15, 0.2) is 12.6 Å². The summed E-state index contributed by atoms with van der Waals surface area (Å²) in [5.41, 5.74) is -5.44. The normalized spacial score (nSPS) is 37.1. The van der Waals surface area contributed by atoms with Crippen LogP contribution in [0.5, 0.6) is 0 Å². The van der Waals surface area contributed by atoms with Gasteiger partial charge >= 0.3 is 11.9 Å². The zero-order chi connectivity index (χ0) is 57.7. The summed E-state index contributed by atoms with van der Waals surface area (Å²) in [6.45, 7) is 19.4. The number of aryl methyl sites for hydroxylation is 1. The first kappa shape index (κ1) is 64.1. The average molecular weight is 1110 g/mol. The van der Waals surface area contributed by atoms with Crippen LogP contribution in [0.15, 0.2) is 23.1 Å². The Hall–Kier alpha value is -3.76. The van der Waals surface area contributed by atoms with E-state index >= 15 is 0 Å². The molecule has 0 aromatic carbocycles. The smallest absolute Gasteiger partial charge is 0.341 e. The molecule has 438 valence electrons. The van der Waals surface area contributed by atoms with Crippen LogP contribution in [0.1, 0.15) is 112 Å². The molecule has 2 aromatic rings. The third-order valence-electron chi connectivity index (χ3n) is 16.1. The molecular weight excluding hydrogens is 1030 g/mol. The van der Waals surface area contributed by atoms with Gasteiger partial charge in [0.1, 0.15) is 46.7 Å². The van der Waals surface area contributed by atoms with Crippen molar-refractivity contribution in [2.45, 2.75) is 193 Å². The summed E-state index contributed by atoms with van der Waals surface area (Å²) < 4.78 is 79.6. The van der Waals surface area contributed by atoms with E-state index in [1.54, 1.807) is 66.0 Å². The van der Waals surface area contributed by atoms with Crippen molar-refractivity contribution in [1.29, 1.82) is 0 Å². The van der Waals surface area contributed by atoms with Crippen molar-refractivity contribution in [1.82, 2.24) is 19.8 Å². The zero-order valence-electron chi connectivity index (χ0n) is 47.5. The number of hydrogen-bond donors (Lipinski definition) is 6. The molecule has 2 aromatic heterocycles. The number of aromatic nitrogens is 2. The van der Waals surface area contributed by atoms with Crippen LogP contribution in [0.4, 0.5) is 5.82 Å². The number of hydrogen-bond acceptors (Lipinski definition) is 21. The molecule has 5 heterocycles. The van der Waals surface area contributed by atoms with Gasteiger partial charge < -0.3 is 73.7 Å². The summed E-state index contributed by atoms with van der Waals surface area (Å²) in [4.78, 5) is 59.5. The molecule has 0 amide bonds. The minimum absolute atomic E-state index is 0.00790. The number of carbonyl (C=O) groups excluding carboxylic acids is 2. The highest BCUT2D eigenvalue weighted by Crippen LogP contribution is 2.42. The van der Waals surface area contributed by atoms with Crippen molar-refractivity contribution in [3.63, 3.8) is 0 Å². The van der Waals surface area contributed by atoms with Gasteiger partial charge in [-0.05, 0) is 94.0 Å². The van der Waals surface area contributed by atoms with Crippen LogP contribution in [0.3, 0.4) is 0 Å². The molecule has 3 aliphatic rings. The lowest BCUT2D eigenvalue weighted by Crippen LogP contribution is -2.62. The van der Waals surface area contributed by atoms with E-state index in [1.807, 2.05) is 25.9 Å². The lowest BCUT2D eigenvalue weighted by molar-refractivity contribution is -0.317. The molecule has 6 N–H and O–H groups in total. The summed E-state index contributed by atoms with van der Waals surface area (Å²) in [6.07, 6.45) is -9.36. The molecule has 5 rings (SSSR count). The van der Waals surface area contributed by atoms with Gasteiger partial charge in [-0.2, -0.15) is 8.42 Å². The van der Waals surface area contributed by atoms with Gasteiger partial charge in [0.25, 0.3) is 10.1 Å². The number of ether oxygens (including phenoxy) is 7. The molecule has 23 nitrogen and oxygen atoms in total. The molecule has 24 heteroatoms. The molecule has 18 atom stereocenters. The maximum absolute atomic E-state index is 14.6. The number of nitrogens with zero attached hydrogens (tertiary/aromatic N) is 3. The van der Waals surface area contributed by atoms with E-state index in [-0.39, 0.29) is 54.7 Å². The van der Waals surface area contributed by atoms with Gasteiger partial charge in [-0.3, -0.25) is 18.6 Å². The number of Topliss-reactive ketones (excluding diaryl/α,β-unsaturated/α-hetero) is 1. The van der Waals surface area contributed by atoms with Crippen LogP contribution in [0.2, 0.25) is 0 Å². The Kier molecular flexibility index (Phi) is 21.8. The van der Waals surface area contributed by atoms with Crippen molar-refractivity contribution in [3.8, 4) is 0 Å². The number of fused-ring (bicyclic) bond motifs is 1. The van der Waals surface area contributed by atoms with E-state index in [9.17, 15) is 48.0 Å². The average Bonchev–Trinajstić information content (AvgIpc) is 3.37. The number of aromatic carboxylic acids is 1. The van der Waals surface area contributed by atoms with Crippen LogP contribution < -0.4 is 16.1 Å². The van der Waals surface area contributed by atoms with Crippen molar-refractivity contribution >= 4 is 44.7 Å². The van der Waals surface area contributed by atoms with Crippen LogP contribution in [0, 0.1) is 23.7 Å². The van der Waals surface area contributed by atoms with E-state index in [0.29, 0.717) is 37.5 Å². The molecule has 0 radical (unpaired) electrons. The number of cyclic esters (lactones) is 1. The molecule has 3 aliphatic heterocycles. The number of carboxylic acids is 1. The first-order valence-corrected chi connectivity index (χ1v) is 28.3. The lowest BCUT2D eigenvalue weighted by atomic mass is 9.74. The first-order chi connectivity index (χ1) is 35.9. The summed E-state index contributed by atoms with van der Waals surface area (Å²) in [5, 5.41) is 51.1. The van der Waals surface area contributed by atoms with E-state index in [2.05, 4.69) is 15.6 Å². The first-order valence-electron chi connectivity index (χ1n) is 26.7.